The number of ether oxygens (including phenoxy) is 1. The Labute approximate surface area is 124 Å². The van der Waals surface area contributed by atoms with Gasteiger partial charge >= 0.3 is 5.97 Å². The highest BCUT2D eigenvalue weighted by Gasteiger charge is 2.19. The number of hydrogen-bond acceptors (Lipinski definition) is 3. The number of aromatic nitrogens is 1. The number of aryl methyl sites for hydroxylation is 1. The number of carbonyl (C=O) groups is 1. The average molecular weight is 285 g/mol. The normalized spacial score (nSPS) is 11.2. The third-order valence-corrected chi connectivity index (χ3v) is 3.14. The average Bonchev–Trinajstić information content (AvgIpc) is 2.40. The number of carboxylic acids is 1. The van der Waals surface area contributed by atoms with Crippen LogP contribution < -0.4 is 4.74 Å². The summed E-state index contributed by atoms with van der Waals surface area (Å²) in [5.41, 5.74) is 2.35. The number of nitrogens with zero attached hydrogens (tertiary/aromatic N) is 1. The highest BCUT2D eigenvalue weighted by atomic mass is 16.5. The van der Waals surface area contributed by atoms with Crippen LogP contribution in [0.1, 0.15) is 42.3 Å². The van der Waals surface area contributed by atoms with Crippen molar-refractivity contribution in [2.24, 2.45) is 0 Å². The van der Waals surface area contributed by atoms with Crippen molar-refractivity contribution in [2.75, 3.05) is 0 Å². The molecule has 110 valence electrons. The summed E-state index contributed by atoms with van der Waals surface area (Å²) in [6, 6.07) is 9.05. The molecule has 1 heterocycles. The maximum Gasteiger partial charge on any atom is 0.337 e. The Morgan fingerprint density at radius 2 is 1.90 bits per heavy atom. The molecule has 0 radical (unpaired) electrons. The van der Waals surface area contributed by atoms with Crippen LogP contribution in [0.3, 0.4) is 0 Å². The Morgan fingerprint density at radius 1 is 1.19 bits per heavy atom. The van der Waals surface area contributed by atoms with Gasteiger partial charge in [0, 0.05) is 17.8 Å². The molecule has 1 N–H and O–H groups in total. The molecule has 1 aromatic carbocycles. The molecule has 0 bridgehead atoms. The molecule has 4 heteroatoms. The fraction of sp³-hybridized carbons (Fsp3) is 0.294. The van der Waals surface area contributed by atoms with Crippen molar-refractivity contribution in [3.8, 4) is 11.6 Å². The smallest absolute Gasteiger partial charge is 0.337 e. The van der Waals surface area contributed by atoms with Crippen molar-refractivity contribution in [3.63, 3.8) is 0 Å². The minimum atomic E-state index is -1.00. The molecule has 0 saturated carbocycles. The third-order valence-electron chi connectivity index (χ3n) is 3.14. The molecule has 0 aliphatic heterocycles. The maximum absolute atomic E-state index is 10.8. The van der Waals surface area contributed by atoms with E-state index in [-0.39, 0.29) is 11.0 Å². The second-order valence-corrected chi connectivity index (χ2v) is 6.04. The molecule has 0 fully saturated rings. The molecule has 0 amide bonds. The monoisotopic (exact) mass is 285 g/mol. The van der Waals surface area contributed by atoms with Gasteiger partial charge in [0.05, 0.1) is 5.56 Å². The fourth-order valence-corrected chi connectivity index (χ4v) is 2.00. The van der Waals surface area contributed by atoms with Crippen molar-refractivity contribution < 1.29 is 14.6 Å². The Kier molecular flexibility index (Phi) is 3.98. The van der Waals surface area contributed by atoms with Gasteiger partial charge < -0.3 is 9.84 Å². The van der Waals surface area contributed by atoms with Crippen molar-refractivity contribution >= 4 is 5.97 Å². The Bertz CT molecular complexity index is 655. The number of rotatable bonds is 3. The Balaban J connectivity index is 2.33. The van der Waals surface area contributed by atoms with Crippen LogP contribution in [-0.2, 0) is 5.41 Å². The van der Waals surface area contributed by atoms with Gasteiger partial charge in [0.15, 0.2) is 0 Å². The molecule has 21 heavy (non-hydrogen) atoms. The first-order valence-corrected chi connectivity index (χ1v) is 6.76. The van der Waals surface area contributed by atoms with Crippen molar-refractivity contribution in [1.29, 1.82) is 0 Å². The van der Waals surface area contributed by atoms with Crippen LogP contribution in [-0.4, -0.2) is 16.1 Å². The summed E-state index contributed by atoms with van der Waals surface area (Å²) in [5.74, 6) is 0.123. The molecule has 4 nitrogen and oxygen atoms in total. The molecule has 0 aliphatic carbocycles. The van der Waals surface area contributed by atoms with Crippen LogP contribution in [0.4, 0.5) is 0 Å². The summed E-state index contributed by atoms with van der Waals surface area (Å²) < 4.78 is 5.82. The molecule has 1 aromatic heterocycles. The molecule has 0 unspecified atom stereocenters. The van der Waals surface area contributed by atoms with Crippen LogP contribution in [0.15, 0.2) is 36.5 Å². The van der Waals surface area contributed by atoms with Crippen LogP contribution in [0.2, 0.25) is 0 Å². The Hall–Kier alpha value is -2.36. The lowest BCUT2D eigenvalue weighted by atomic mass is 9.85. The maximum atomic E-state index is 10.8. The molecule has 0 atom stereocenters. The lowest BCUT2D eigenvalue weighted by molar-refractivity contribution is 0.0696. The van der Waals surface area contributed by atoms with Gasteiger partial charge in [0.25, 0.3) is 0 Å². The van der Waals surface area contributed by atoms with E-state index in [0.717, 1.165) is 11.3 Å². The van der Waals surface area contributed by atoms with Crippen LogP contribution in [0.5, 0.6) is 11.6 Å². The van der Waals surface area contributed by atoms with Gasteiger partial charge in [-0.05, 0) is 24.5 Å². The lowest BCUT2D eigenvalue weighted by Gasteiger charge is -2.23. The van der Waals surface area contributed by atoms with E-state index >= 15 is 0 Å². The minimum Gasteiger partial charge on any atom is -0.478 e. The zero-order chi connectivity index (χ0) is 15.6. The van der Waals surface area contributed by atoms with Gasteiger partial charge in [-0.3, -0.25) is 0 Å². The van der Waals surface area contributed by atoms with E-state index in [1.54, 1.807) is 6.07 Å². The second kappa shape index (κ2) is 5.56. The molecular weight excluding hydrogens is 266 g/mol. The zero-order valence-electron chi connectivity index (χ0n) is 12.7. The first-order chi connectivity index (χ1) is 9.77. The SMILES string of the molecule is Cc1ccc(Oc2ccc(C(=O)O)cn2)c(C(C)(C)C)c1. The van der Waals surface area contributed by atoms with Gasteiger partial charge in [0.1, 0.15) is 5.75 Å². The van der Waals surface area contributed by atoms with Crippen molar-refractivity contribution in [1.82, 2.24) is 4.98 Å². The zero-order valence-corrected chi connectivity index (χ0v) is 12.7. The molecular formula is C17H19NO3. The first-order valence-electron chi connectivity index (χ1n) is 6.76. The van der Waals surface area contributed by atoms with Gasteiger partial charge in [0.2, 0.25) is 5.88 Å². The van der Waals surface area contributed by atoms with Crippen molar-refractivity contribution in [3.05, 3.63) is 53.2 Å². The first kappa shape index (κ1) is 15.0. The molecule has 0 spiro atoms. The largest absolute Gasteiger partial charge is 0.478 e. The summed E-state index contributed by atoms with van der Waals surface area (Å²) in [4.78, 5) is 14.9. The second-order valence-electron chi connectivity index (χ2n) is 6.04. The summed E-state index contributed by atoms with van der Waals surface area (Å²) in [6.07, 6.45) is 1.29. The van der Waals surface area contributed by atoms with E-state index in [1.165, 1.54) is 17.8 Å². The standard InChI is InChI=1S/C17H19NO3/c1-11-5-7-14(13(9-11)17(2,3)4)21-15-8-6-12(10-18-15)16(19)20/h5-10H,1-4H3,(H,19,20). The summed E-state index contributed by atoms with van der Waals surface area (Å²) in [7, 11) is 0. The molecule has 2 aromatic rings. The van der Waals surface area contributed by atoms with Crippen molar-refractivity contribution in [2.45, 2.75) is 33.1 Å². The number of carboxylic acid groups (broad SMARTS) is 1. The van der Waals surface area contributed by atoms with Gasteiger partial charge in [-0.2, -0.15) is 0 Å². The number of hydrogen-bond donors (Lipinski definition) is 1. The predicted molar refractivity (Wildman–Crippen MR) is 81.1 cm³/mol. The van der Waals surface area contributed by atoms with Crippen LogP contribution in [0, 0.1) is 6.92 Å². The summed E-state index contributed by atoms with van der Waals surface area (Å²) in [6.45, 7) is 8.40. The van der Waals surface area contributed by atoms with E-state index in [2.05, 4.69) is 31.8 Å². The van der Waals surface area contributed by atoms with Crippen LogP contribution >= 0.6 is 0 Å². The lowest BCUT2D eigenvalue weighted by Crippen LogP contribution is -2.13. The fourth-order valence-electron chi connectivity index (χ4n) is 2.00. The number of benzene rings is 1. The topological polar surface area (TPSA) is 59.4 Å². The van der Waals surface area contributed by atoms with Crippen LogP contribution in [0.25, 0.3) is 0 Å². The minimum absolute atomic E-state index is 0.0532. The van der Waals surface area contributed by atoms with E-state index < -0.39 is 5.97 Å². The highest BCUT2D eigenvalue weighted by molar-refractivity contribution is 5.87. The Morgan fingerprint density at radius 3 is 2.43 bits per heavy atom. The quantitative estimate of drug-likeness (QED) is 0.919. The predicted octanol–water partition coefficient (Wildman–Crippen LogP) is 4.18. The summed E-state index contributed by atoms with van der Waals surface area (Å²) >= 11 is 0. The van der Waals surface area contributed by atoms with E-state index in [1.807, 2.05) is 19.1 Å². The highest BCUT2D eigenvalue weighted by Crippen LogP contribution is 2.34. The van der Waals surface area contributed by atoms with Gasteiger partial charge in [-0.25, -0.2) is 9.78 Å². The molecule has 2 rings (SSSR count). The van der Waals surface area contributed by atoms with Gasteiger partial charge in [-0.15, -0.1) is 0 Å². The molecule has 0 aliphatic rings. The van der Waals surface area contributed by atoms with Gasteiger partial charge in [-0.1, -0.05) is 38.5 Å². The van der Waals surface area contributed by atoms with E-state index in [0.29, 0.717) is 5.88 Å². The third kappa shape index (κ3) is 3.60. The number of pyridine rings is 1. The number of aromatic carboxylic acids is 1. The van der Waals surface area contributed by atoms with E-state index in [4.69, 9.17) is 9.84 Å². The summed E-state index contributed by atoms with van der Waals surface area (Å²) in [5, 5.41) is 8.87. The van der Waals surface area contributed by atoms with E-state index in [9.17, 15) is 4.79 Å². The molecule has 0 saturated heterocycles.